The molecule has 0 atom stereocenters. The molecule has 0 radical (unpaired) electrons. The summed E-state index contributed by atoms with van der Waals surface area (Å²) in [6.45, 7) is 12.0. The molecule has 0 amide bonds. The van der Waals surface area contributed by atoms with Crippen molar-refractivity contribution in [1.82, 2.24) is 4.90 Å². The summed E-state index contributed by atoms with van der Waals surface area (Å²) in [6, 6.07) is 0. The van der Waals surface area contributed by atoms with Crippen LogP contribution >= 0.6 is 0 Å². The highest BCUT2D eigenvalue weighted by Gasteiger charge is 2.23. The first-order chi connectivity index (χ1) is 5.02. The van der Waals surface area contributed by atoms with Crippen molar-refractivity contribution in [1.29, 1.82) is 0 Å². The zero-order valence-corrected chi connectivity index (χ0v) is 7.98. The van der Waals surface area contributed by atoms with Crippen LogP contribution in [-0.2, 0) is 0 Å². The van der Waals surface area contributed by atoms with Crippen LogP contribution in [-0.4, -0.2) is 17.0 Å². The van der Waals surface area contributed by atoms with Crippen LogP contribution in [0.2, 0.25) is 0 Å². The van der Waals surface area contributed by atoms with E-state index in [1.54, 1.807) is 0 Å². The minimum absolute atomic E-state index is 0.275. The number of rotatable bonds is 0. The van der Waals surface area contributed by atoms with Crippen LogP contribution in [0, 0.1) is 0 Å². The number of likely N-dealkylation sites (tertiary alicyclic amines) is 1. The Morgan fingerprint density at radius 3 is 2.27 bits per heavy atom. The number of hydrogen-bond donors (Lipinski definition) is 0. The van der Waals surface area contributed by atoms with Gasteiger partial charge in [0.2, 0.25) is 0 Å². The summed E-state index contributed by atoms with van der Waals surface area (Å²) in [4.78, 5) is 2.43. The van der Waals surface area contributed by atoms with Gasteiger partial charge in [0.15, 0.2) is 0 Å². The minimum Gasteiger partial charge on any atom is -0.370 e. The summed E-state index contributed by atoms with van der Waals surface area (Å²) in [7, 11) is 0. The third kappa shape index (κ3) is 1.98. The molecular formula is C10H19N. The Morgan fingerprint density at radius 2 is 1.91 bits per heavy atom. The molecular weight excluding hydrogens is 134 g/mol. The highest BCUT2D eigenvalue weighted by atomic mass is 15.2. The molecule has 1 heteroatoms. The van der Waals surface area contributed by atoms with E-state index < -0.39 is 0 Å². The maximum atomic E-state index is 4.09. The summed E-state index contributed by atoms with van der Waals surface area (Å²) in [5.74, 6) is 0. The summed E-state index contributed by atoms with van der Waals surface area (Å²) in [5.41, 5.74) is 1.60. The number of allylic oxidation sites excluding steroid dienone is 1. The van der Waals surface area contributed by atoms with E-state index in [-0.39, 0.29) is 5.54 Å². The predicted octanol–water partition coefficient (Wildman–Crippen LogP) is 2.78. The first kappa shape index (κ1) is 8.63. The van der Waals surface area contributed by atoms with Crippen LogP contribution in [0.1, 0.15) is 40.0 Å². The van der Waals surface area contributed by atoms with Crippen LogP contribution in [0.15, 0.2) is 12.3 Å². The second-order valence-electron chi connectivity index (χ2n) is 4.35. The predicted molar refractivity (Wildman–Crippen MR) is 49.5 cm³/mol. The molecule has 1 fully saturated rings. The standard InChI is InChI=1S/C10H19N/c1-9-7-5-6-8-11(9)10(2,3)4/h1,5-8H2,2-4H3. The molecule has 0 aliphatic carbocycles. The van der Waals surface area contributed by atoms with Gasteiger partial charge < -0.3 is 4.90 Å². The Hall–Kier alpha value is -0.460. The van der Waals surface area contributed by atoms with Gasteiger partial charge in [-0.2, -0.15) is 0 Å². The second kappa shape index (κ2) is 2.88. The third-order valence-electron chi connectivity index (χ3n) is 2.29. The fourth-order valence-corrected chi connectivity index (χ4v) is 1.70. The van der Waals surface area contributed by atoms with E-state index in [1.807, 2.05) is 0 Å². The van der Waals surface area contributed by atoms with Gasteiger partial charge in [0.05, 0.1) is 0 Å². The lowest BCUT2D eigenvalue weighted by molar-refractivity contribution is 0.158. The topological polar surface area (TPSA) is 3.24 Å². The van der Waals surface area contributed by atoms with Crippen LogP contribution in [0.4, 0.5) is 0 Å². The molecule has 11 heavy (non-hydrogen) atoms. The van der Waals surface area contributed by atoms with E-state index in [2.05, 4.69) is 32.3 Å². The zero-order chi connectivity index (χ0) is 8.48. The molecule has 1 nitrogen and oxygen atoms in total. The van der Waals surface area contributed by atoms with Gasteiger partial charge in [0.25, 0.3) is 0 Å². The van der Waals surface area contributed by atoms with Gasteiger partial charge in [-0.05, 0) is 40.0 Å². The van der Waals surface area contributed by atoms with Gasteiger partial charge in [0, 0.05) is 17.8 Å². The fraction of sp³-hybridized carbons (Fsp3) is 0.800. The Balaban J connectivity index is 2.62. The average Bonchev–Trinajstić information content (AvgIpc) is 1.86. The molecule has 0 unspecified atom stereocenters. The van der Waals surface area contributed by atoms with Crippen LogP contribution in [0.5, 0.6) is 0 Å². The Bertz CT molecular complexity index is 153. The molecule has 0 bridgehead atoms. The van der Waals surface area contributed by atoms with Gasteiger partial charge >= 0.3 is 0 Å². The van der Waals surface area contributed by atoms with E-state index in [1.165, 1.54) is 31.5 Å². The van der Waals surface area contributed by atoms with Crippen molar-refractivity contribution in [3.8, 4) is 0 Å². The van der Waals surface area contributed by atoms with E-state index in [0.717, 1.165) is 0 Å². The highest BCUT2D eigenvalue weighted by Crippen LogP contribution is 2.26. The van der Waals surface area contributed by atoms with Crippen molar-refractivity contribution < 1.29 is 0 Å². The fourth-order valence-electron chi connectivity index (χ4n) is 1.70. The third-order valence-corrected chi connectivity index (χ3v) is 2.29. The molecule has 0 N–H and O–H groups in total. The van der Waals surface area contributed by atoms with Gasteiger partial charge in [-0.15, -0.1) is 0 Å². The first-order valence-electron chi connectivity index (χ1n) is 4.47. The Kier molecular flexibility index (Phi) is 2.26. The molecule has 64 valence electrons. The van der Waals surface area contributed by atoms with Crippen molar-refractivity contribution in [2.75, 3.05) is 6.54 Å². The van der Waals surface area contributed by atoms with Crippen molar-refractivity contribution in [2.45, 2.75) is 45.6 Å². The summed E-state index contributed by atoms with van der Waals surface area (Å²) in [5, 5.41) is 0. The van der Waals surface area contributed by atoms with E-state index in [0.29, 0.717) is 0 Å². The van der Waals surface area contributed by atoms with E-state index in [9.17, 15) is 0 Å². The second-order valence-corrected chi connectivity index (χ2v) is 4.35. The Labute approximate surface area is 70.1 Å². The smallest absolute Gasteiger partial charge is 0.0314 e. The van der Waals surface area contributed by atoms with Gasteiger partial charge in [-0.3, -0.25) is 0 Å². The van der Waals surface area contributed by atoms with Crippen molar-refractivity contribution in [2.24, 2.45) is 0 Å². The maximum absolute atomic E-state index is 4.09. The summed E-state index contributed by atoms with van der Waals surface area (Å²) in [6.07, 6.45) is 3.85. The molecule has 1 aliphatic heterocycles. The SMILES string of the molecule is C=C1CCCCN1C(C)(C)C. The van der Waals surface area contributed by atoms with Gasteiger partial charge in [-0.1, -0.05) is 6.58 Å². The van der Waals surface area contributed by atoms with E-state index in [4.69, 9.17) is 0 Å². The van der Waals surface area contributed by atoms with Crippen molar-refractivity contribution in [3.05, 3.63) is 12.3 Å². The molecule has 1 rings (SSSR count). The molecule has 1 aliphatic rings. The maximum Gasteiger partial charge on any atom is 0.0314 e. The lowest BCUT2D eigenvalue weighted by Crippen LogP contribution is -2.42. The largest absolute Gasteiger partial charge is 0.370 e. The first-order valence-corrected chi connectivity index (χ1v) is 4.47. The summed E-state index contributed by atoms with van der Waals surface area (Å²) < 4.78 is 0. The minimum atomic E-state index is 0.275. The van der Waals surface area contributed by atoms with E-state index >= 15 is 0 Å². The van der Waals surface area contributed by atoms with Crippen molar-refractivity contribution >= 4 is 0 Å². The molecule has 0 aromatic heterocycles. The summed E-state index contributed by atoms with van der Waals surface area (Å²) >= 11 is 0. The number of hydrogen-bond acceptors (Lipinski definition) is 1. The number of nitrogens with zero attached hydrogens (tertiary/aromatic N) is 1. The highest BCUT2D eigenvalue weighted by molar-refractivity contribution is 5.01. The molecule has 1 heterocycles. The van der Waals surface area contributed by atoms with Gasteiger partial charge in [-0.25, -0.2) is 0 Å². The molecule has 0 aromatic rings. The number of piperidine rings is 1. The zero-order valence-electron chi connectivity index (χ0n) is 7.98. The van der Waals surface area contributed by atoms with Crippen LogP contribution in [0.3, 0.4) is 0 Å². The van der Waals surface area contributed by atoms with Crippen molar-refractivity contribution in [3.63, 3.8) is 0 Å². The normalized spacial score (nSPS) is 20.6. The molecule has 0 aromatic carbocycles. The quantitative estimate of drug-likeness (QED) is 0.517. The molecule has 0 saturated carbocycles. The molecule has 1 saturated heterocycles. The monoisotopic (exact) mass is 153 g/mol. The lowest BCUT2D eigenvalue weighted by Gasteiger charge is -2.41. The lowest BCUT2D eigenvalue weighted by atomic mass is 9.99. The molecule has 0 spiro atoms. The van der Waals surface area contributed by atoms with Crippen LogP contribution < -0.4 is 0 Å². The average molecular weight is 153 g/mol. The van der Waals surface area contributed by atoms with Crippen LogP contribution in [0.25, 0.3) is 0 Å². The van der Waals surface area contributed by atoms with Gasteiger partial charge in [0.1, 0.15) is 0 Å². The Morgan fingerprint density at radius 1 is 1.27 bits per heavy atom.